The van der Waals surface area contributed by atoms with Crippen molar-refractivity contribution in [3.63, 3.8) is 0 Å². The maximum absolute atomic E-state index is 7.33. The minimum atomic E-state index is -0.278. The first-order valence-electron chi connectivity index (χ1n) is 0.583. The Morgan fingerprint density at radius 2 is 2.00 bits per heavy atom. The van der Waals surface area contributed by atoms with Gasteiger partial charge in [0.1, 0.15) is 6.07 Å². The first-order chi connectivity index (χ1) is 1.41. The molecule has 0 aliphatic rings. The monoisotopic (exact) mass is 90.0 g/mol. The zero-order chi connectivity index (χ0) is 2.71. The Labute approximate surface area is 53.7 Å². The molecule has 0 saturated carbocycles. The van der Waals surface area contributed by atoms with Crippen molar-refractivity contribution in [3.05, 3.63) is 0 Å². The Hall–Kier alpha value is 1.25. The second-order valence-corrected chi connectivity index (χ2v) is 0.359. The summed E-state index contributed by atoms with van der Waals surface area (Å²) in [5, 5.41) is 7.33. The third kappa shape index (κ3) is 10.5. The average molecular weight is 90.5 g/mol. The second-order valence-electron chi connectivity index (χ2n) is 0.120. The number of aliphatic hydroxyl groups is 1. The number of hydrogen-bond donors (Lipinski definition) is 1. The van der Waals surface area contributed by atoms with Gasteiger partial charge in [0.15, 0.2) is 0 Å². The minimum absolute atomic E-state index is 0. The zero-order valence-corrected chi connectivity index (χ0v) is 5.29. The maximum atomic E-state index is 7.33. The number of alkyl halides is 1. The van der Waals surface area contributed by atoms with Crippen molar-refractivity contribution in [2.75, 3.05) is 6.07 Å². The van der Waals surface area contributed by atoms with Gasteiger partial charge in [0.25, 0.3) is 0 Å². The predicted molar refractivity (Wildman–Crippen MR) is 14.1 cm³/mol. The van der Waals surface area contributed by atoms with Crippen molar-refractivity contribution in [3.8, 4) is 0 Å². The molecular weight excluding hydrogens is 86.5 g/mol. The van der Waals surface area contributed by atoms with Gasteiger partial charge >= 0.3 is 29.6 Å². The molecule has 0 aliphatic carbocycles. The van der Waals surface area contributed by atoms with E-state index in [1.165, 1.54) is 0 Å². The number of hydrogen-bond acceptors (Lipinski definition) is 1. The van der Waals surface area contributed by atoms with E-state index in [1.807, 2.05) is 0 Å². The predicted octanol–water partition coefficient (Wildman–Crippen LogP) is -2.71. The third-order valence-electron chi connectivity index (χ3n) is 0. The fraction of sp³-hybridized carbons (Fsp3) is 1.00. The fourth-order valence-corrected chi connectivity index (χ4v) is 0. The molecule has 22 valence electrons. The van der Waals surface area contributed by atoms with Gasteiger partial charge in [-0.05, 0) is 0 Å². The van der Waals surface area contributed by atoms with Crippen LogP contribution < -0.4 is 29.6 Å². The molecule has 0 aromatic heterocycles. The van der Waals surface area contributed by atoms with Gasteiger partial charge in [0, 0.05) is 0 Å². The van der Waals surface area contributed by atoms with Crippen LogP contribution in [0.2, 0.25) is 0 Å². The summed E-state index contributed by atoms with van der Waals surface area (Å²) in [6.07, 6.45) is 0. The zero-order valence-electron chi connectivity index (χ0n) is 3.53. The molecule has 0 spiro atoms. The molecule has 0 rings (SSSR count). The topological polar surface area (TPSA) is 20.2 Å². The van der Waals surface area contributed by atoms with Crippen LogP contribution in [0, 0.1) is 0 Å². The van der Waals surface area contributed by atoms with Crippen LogP contribution in [-0.2, 0) is 0 Å². The third-order valence-corrected chi connectivity index (χ3v) is 0. The van der Waals surface area contributed by atoms with Crippen LogP contribution in [-0.4, -0.2) is 11.2 Å². The van der Waals surface area contributed by atoms with Crippen molar-refractivity contribution < 1.29 is 36.1 Å². The summed E-state index contributed by atoms with van der Waals surface area (Å²) in [6, 6.07) is -0.278. The molecule has 0 amide bonds. The van der Waals surface area contributed by atoms with Gasteiger partial charge in [-0.3, -0.25) is 0 Å². The summed E-state index contributed by atoms with van der Waals surface area (Å²) >= 11 is 4.55. The molecule has 0 aromatic rings. The second kappa shape index (κ2) is 8.87. The molecule has 3 heteroatoms. The fourth-order valence-electron chi connectivity index (χ4n) is 0. The number of rotatable bonds is 0. The van der Waals surface area contributed by atoms with Crippen molar-refractivity contribution in [1.82, 2.24) is 0 Å². The summed E-state index contributed by atoms with van der Waals surface area (Å²) in [6.45, 7) is 0. The first-order valence-corrected chi connectivity index (χ1v) is 1.12. The summed E-state index contributed by atoms with van der Waals surface area (Å²) < 4.78 is 0. The normalized spacial score (nSPS) is 4.50. The van der Waals surface area contributed by atoms with Gasteiger partial charge in [0.2, 0.25) is 0 Å². The van der Waals surface area contributed by atoms with Crippen LogP contribution in [0.1, 0.15) is 1.43 Å². The number of aliphatic hydroxyl groups excluding tert-OH is 1. The van der Waals surface area contributed by atoms with E-state index < -0.39 is 0 Å². The SMILES string of the molecule is OCCl.[H-].[Na+]. The Bertz CT molecular complexity index is 11.6. The summed E-state index contributed by atoms with van der Waals surface area (Å²) in [4.78, 5) is 0. The quantitative estimate of drug-likeness (QED) is 0.253. The summed E-state index contributed by atoms with van der Waals surface area (Å²) in [7, 11) is 0. The van der Waals surface area contributed by atoms with Crippen LogP contribution in [0.15, 0.2) is 0 Å². The van der Waals surface area contributed by atoms with E-state index in [1.54, 1.807) is 0 Å². The van der Waals surface area contributed by atoms with Crippen LogP contribution in [0.4, 0.5) is 0 Å². The van der Waals surface area contributed by atoms with E-state index in [0.717, 1.165) is 0 Å². The van der Waals surface area contributed by atoms with Crippen LogP contribution >= 0.6 is 11.6 Å². The van der Waals surface area contributed by atoms with Gasteiger partial charge in [-0.1, -0.05) is 11.6 Å². The Morgan fingerprint density at radius 1 is 2.00 bits per heavy atom. The molecule has 4 heavy (non-hydrogen) atoms. The molecular formula is CH4ClNaO. The van der Waals surface area contributed by atoms with E-state index in [2.05, 4.69) is 11.6 Å². The van der Waals surface area contributed by atoms with Crippen molar-refractivity contribution in [2.45, 2.75) is 0 Å². The molecule has 0 fully saturated rings. The van der Waals surface area contributed by atoms with Crippen molar-refractivity contribution in [1.29, 1.82) is 0 Å². The molecule has 0 heterocycles. The Kier molecular flexibility index (Phi) is 19.9. The number of halogens is 1. The largest absolute Gasteiger partial charge is 1.00 e. The molecule has 0 aromatic carbocycles. The Balaban J connectivity index is -0.0000000200. The average Bonchev–Trinajstić information content (AvgIpc) is 0.918. The molecule has 0 saturated heterocycles. The maximum Gasteiger partial charge on any atom is 1.00 e. The van der Waals surface area contributed by atoms with Crippen molar-refractivity contribution >= 4 is 11.6 Å². The van der Waals surface area contributed by atoms with Gasteiger partial charge in [0.05, 0.1) is 0 Å². The molecule has 1 nitrogen and oxygen atoms in total. The first kappa shape index (κ1) is 8.98. The van der Waals surface area contributed by atoms with Crippen molar-refractivity contribution in [2.24, 2.45) is 0 Å². The van der Waals surface area contributed by atoms with E-state index >= 15 is 0 Å². The van der Waals surface area contributed by atoms with E-state index in [9.17, 15) is 0 Å². The van der Waals surface area contributed by atoms with Gasteiger partial charge < -0.3 is 6.53 Å². The molecule has 0 radical (unpaired) electrons. The molecule has 0 bridgehead atoms. The van der Waals surface area contributed by atoms with Crippen LogP contribution in [0.25, 0.3) is 0 Å². The van der Waals surface area contributed by atoms with Gasteiger partial charge in [-0.2, -0.15) is 0 Å². The Morgan fingerprint density at radius 3 is 2.00 bits per heavy atom. The molecule has 0 aliphatic heterocycles. The van der Waals surface area contributed by atoms with Gasteiger partial charge in [-0.15, -0.1) is 0 Å². The smallest absolute Gasteiger partial charge is 1.00 e. The van der Waals surface area contributed by atoms with Crippen LogP contribution in [0.5, 0.6) is 0 Å². The minimum Gasteiger partial charge on any atom is -1.00 e. The van der Waals surface area contributed by atoms with Crippen LogP contribution in [0.3, 0.4) is 0 Å². The standard InChI is InChI=1S/CH3ClO.Na.H/c2-1-3;;/h3H,1H2;;/q;+1;-1. The molecule has 0 atom stereocenters. The summed E-state index contributed by atoms with van der Waals surface area (Å²) in [5.74, 6) is 0. The van der Waals surface area contributed by atoms with Gasteiger partial charge in [-0.25, -0.2) is 0 Å². The van der Waals surface area contributed by atoms with E-state index in [-0.39, 0.29) is 37.0 Å². The van der Waals surface area contributed by atoms with E-state index in [0.29, 0.717) is 0 Å². The molecule has 1 N–H and O–H groups in total. The molecule has 0 unspecified atom stereocenters. The van der Waals surface area contributed by atoms with E-state index in [4.69, 9.17) is 5.11 Å². The summed E-state index contributed by atoms with van der Waals surface area (Å²) in [5.41, 5.74) is 0.